The summed E-state index contributed by atoms with van der Waals surface area (Å²) >= 11 is 0. The van der Waals surface area contributed by atoms with Crippen LogP contribution in [0.5, 0.6) is 5.75 Å². The standard InChI is InChI=1S/C26H26N4O4/c1-18-23(29-34-28-18)17-32-24-12-6-5-11-22(24)26(31)30-13-7-10-20(16-30)25-27-15-21(33-25)14-19-8-3-2-4-9-19/h2-6,8-9,11-12,15,20H,7,10,13-14,16-17H2,1H3/t20-/m0/s1. The Hall–Kier alpha value is -3.94. The number of likely N-dealkylation sites (tertiary alicyclic amines) is 1. The van der Waals surface area contributed by atoms with Crippen molar-refractivity contribution in [2.24, 2.45) is 0 Å². The minimum absolute atomic E-state index is 0.0636. The maximum atomic E-state index is 13.4. The molecule has 1 aliphatic heterocycles. The van der Waals surface area contributed by atoms with Crippen LogP contribution in [0, 0.1) is 6.92 Å². The first-order valence-electron chi connectivity index (χ1n) is 11.4. The van der Waals surface area contributed by atoms with E-state index >= 15 is 0 Å². The lowest BCUT2D eigenvalue weighted by molar-refractivity contribution is 0.0693. The molecule has 1 fully saturated rings. The second kappa shape index (κ2) is 9.91. The van der Waals surface area contributed by atoms with Crippen LogP contribution in [0.15, 0.2) is 69.8 Å². The molecular weight excluding hydrogens is 432 g/mol. The summed E-state index contributed by atoms with van der Waals surface area (Å²) in [7, 11) is 0. The van der Waals surface area contributed by atoms with Gasteiger partial charge in [-0.15, -0.1) is 0 Å². The Kier molecular flexibility index (Phi) is 6.38. The molecule has 0 bridgehead atoms. The molecular formula is C26H26N4O4. The fraction of sp³-hybridized carbons (Fsp3) is 0.308. The molecule has 0 saturated carbocycles. The van der Waals surface area contributed by atoms with Crippen molar-refractivity contribution < 1.29 is 18.6 Å². The van der Waals surface area contributed by atoms with Crippen molar-refractivity contribution in [3.8, 4) is 5.75 Å². The van der Waals surface area contributed by atoms with Crippen molar-refractivity contribution >= 4 is 5.91 Å². The fourth-order valence-electron chi connectivity index (χ4n) is 4.22. The number of carbonyl (C=O) groups is 1. The second-order valence-electron chi connectivity index (χ2n) is 8.50. The number of aromatic nitrogens is 3. The summed E-state index contributed by atoms with van der Waals surface area (Å²) in [6.45, 7) is 3.23. The van der Waals surface area contributed by atoms with Gasteiger partial charge >= 0.3 is 0 Å². The monoisotopic (exact) mass is 458 g/mol. The fourth-order valence-corrected chi connectivity index (χ4v) is 4.22. The van der Waals surface area contributed by atoms with E-state index < -0.39 is 0 Å². The molecule has 34 heavy (non-hydrogen) atoms. The molecule has 0 aliphatic carbocycles. The van der Waals surface area contributed by atoms with Gasteiger partial charge < -0.3 is 14.1 Å². The number of piperidine rings is 1. The molecule has 1 amide bonds. The van der Waals surface area contributed by atoms with E-state index in [1.54, 1.807) is 25.3 Å². The molecule has 0 spiro atoms. The summed E-state index contributed by atoms with van der Waals surface area (Å²) in [6.07, 6.45) is 4.33. The first kappa shape index (κ1) is 21.9. The largest absolute Gasteiger partial charge is 0.486 e. The Bertz CT molecular complexity index is 1250. The van der Waals surface area contributed by atoms with Crippen LogP contribution in [0.25, 0.3) is 0 Å². The van der Waals surface area contributed by atoms with E-state index in [1.807, 2.05) is 35.2 Å². The van der Waals surface area contributed by atoms with Gasteiger partial charge in [0, 0.05) is 19.5 Å². The number of hydrogen-bond donors (Lipinski definition) is 0. The number of hydrogen-bond acceptors (Lipinski definition) is 7. The molecule has 0 unspecified atom stereocenters. The summed E-state index contributed by atoms with van der Waals surface area (Å²) in [5.74, 6) is 2.05. The van der Waals surface area contributed by atoms with Crippen LogP contribution in [-0.4, -0.2) is 39.2 Å². The Balaban J connectivity index is 1.26. The summed E-state index contributed by atoms with van der Waals surface area (Å²) in [4.78, 5) is 19.8. The van der Waals surface area contributed by atoms with Gasteiger partial charge in [-0.05, 0) is 37.5 Å². The highest BCUT2D eigenvalue weighted by Crippen LogP contribution is 2.30. The van der Waals surface area contributed by atoms with Gasteiger partial charge in [0.2, 0.25) is 0 Å². The molecule has 1 atom stereocenters. The van der Waals surface area contributed by atoms with Crippen molar-refractivity contribution in [3.05, 3.63) is 95.0 Å². The van der Waals surface area contributed by atoms with Gasteiger partial charge in [0.15, 0.2) is 5.89 Å². The first-order chi connectivity index (χ1) is 16.7. The smallest absolute Gasteiger partial charge is 0.257 e. The normalized spacial score (nSPS) is 15.9. The predicted octanol–water partition coefficient (Wildman–Crippen LogP) is 4.56. The molecule has 5 rings (SSSR count). The second-order valence-corrected chi connectivity index (χ2v) is 8.50. The van der Waals surface area contributed by atoms with Crippen molar-refractivity contribution in [2.45, 2.75) is 38.7 Å². The van der Waals surface area contributed by atoms with Gasteiger partial charge in [0.25, 0.3) is 5.91 Å². The van der Waals surface area contributed by atoms with Crippen LogP contribution in [0.2, 0.25) is 0 Å². The third-order valence-electron chi connectivity index (χ3n) is 6.08. The zero-order valence-corrected chi connectivity index (χ0v) is 19.0. The van der Waals surface area contributed by atoms with Gasteiger partial charge in [-0.2, -0.15) is 0 Å². The molecule has 2 aromatic heterocycles. The average Bonchev–Trinajstić information content (AvgIpc) is 3.52. The van der Waals surface area contributed by atoms with Crippen LogP contribution < -0.4 is 4.74 Å². The highest BCUT2D eigenvalue weighted by atomic mass is 16.6. The molecule has 0 radical (unpaired) electrons. The van der Waals surface area contributed by atoms with E-state index in [1.165, 1.54) is 5.56 Å². The molecule has 0 N–H and O–H groups in total. The summed E-state index contributed by atoms with van der Waals surface area (Å²) in [5, 5.41) is 7.61. The van der Waals surface area contributed by atoms with E-state index in [0.717, 1.165) is 18.6 Å². The number of rotatable bonds is 7. The van der Waals surface area contributed by atoms with Crippen LogP contribution in [-0.2, 0) is 13.0 Å². The van der Waals surface area contributed by atoms with Gasteiger partial charge in [0.1, 0.15) is 29.5 Å². The number of nitrogens with zero attached hydrogens (tertiary/aromatic N) is 4. The van der Waals surface area contributed by atoms with Crippen molar-refractivity contribution in [3.63, 3.8) is 0 Å². The summed E-state index contributed by atoms with van der Waals surface area (Å²) in [5.41, 5.74) is 2.98. The Morgan fingerprint density at radius 3 is 2.76 bits per heavy atom. The van der Waals surface area contributed by atoms with Crippen LogP contribution in [0.1, 0.15) is 57.7 Å². The predicted molar refractivity (Wildman–Crippen MR) is 123 cm³/mol. The first-order valence-corrected chi connectivity index (χ1v) is 11.4. The lowest BCUT2D eigenvalue weighted by Gasteiger charge is -2.31. The molecule has 1 aliphatic rings. The minimum atomic E-state index is -0.0636. The van der Waals surface area contributed by atoms with E-state index in [9.17, 15) is 4.79 Å². The van der Waals surface area contributed by atoms with E-state index in [2.05, 4.69) is 27.4 Å². The van der Waals surface area contributed by atoms with Gasteiger partial charge in [-0.25, -0.2) is 9.61 Å². The molecule has 1 saturated heterocycles. The number of aryl methyl sites for hydroxylation is 1. The maximum absolute atomic E-state index is 13.4. The Labute approximate surface area is 197 Å². The molecule has 3 heterocycles. The average molecular weight is 459 g/mol. The van der Waals surface area contributed by atoms with Crippen LogP contribution >= 0.6 is 0 Å². The molecule has 8 nitrogen and oxygen atoms in total. The zero-order chi connectivity index (χ0) is 23.3. The lowest BCUT2D eigenvalue weighted by atomic mass is 9.97. The minimum Gasteiger partial charge on any atom is -0.486 e. The Morgan fingerprint density at radius 2 is 1.94 bits per heavy atom. The van der Waals surface area contributed by atoms with Gasteiger partial charge in [-0.1, -0.05) is 52.8 Å². The highest BCUT2D eigenvalue weighted by Gasteiger charge is 2.29. The SMILES string of the molecule is Cc1nonc1COc1ccccc1C(=O)N1CCC[C@H](c2ncc(Cc3ccccc3)o2)C1. The zero-order valence-electron chi connectivity index (χ0n) is 19.0. The van der Waals surface area contributed by atoms with Crippen molar-refractivity contribution in [1.82, 2.24) is 20.2 Å². The molecule has 4 aromatic rings. The van der Waals surface area contributed by atoms with E-state index in [4.69, 9.17) is 13.8 Å². The number of amides is 1. The van der Waals surface area contributed by atoms with Crippen molar-refractivity contribution in [1.29, 1.82) is 0 Å². The molecule has 8 heteroatoms. The number of benzene rings is 2. The topological polar surface area (TPSA) is 94.5 Å². The van der Waals surface area contributed by atoms with E-state index in [-0.39, 0.29) is 18.4 Å². The third kappa shape index (κ3) is 4.85. The third-order valence-corrected chi connectivity index (χ3v) is 6.08. The molecule has 2 aromatic carbocycles. The number of ether oxygens (including phenoxy) is 1. The number of para-hydroxylation sites is 1. The number of oxazole rings is 1. The summed E-state index contributed by atoms with van der Waals surface area (Å²) < 4.78 is 16.7. The number of carbonyl (C=O) groups excluding carboxylic acids is 1. The summed E-state index contributed by atoms with van der Waals surface area (Å²) in [6, 6.07) is 17.4. The molecule has 174 valence electrons. The van der Waals surface area contributed by atoms with Gasteiger partial charge in [0.05, 0.1) is 17.7 Å². The van der Waals surface area contributed by atoms with Crippen LogP contribution in [0.4, 0.5) is 0 Å². The quantitative estimate of drug-likeness (QED) is 0.401. The Morgan fingerprint density at radius 1 is 1.12 bits per heavy atom. The van der Waals surface area contributed by atoms with Crippen molar-refractivity contribution in [2.75, 3.05) is 13.1 Å². The highest BCUT2D eigenvalue weighted by molar-refractivity contribution is 5.97. The lowest BCUT2D eigenvalue weighted by Crippen LogP contribution is -2.39. The van der Waals surface area contributed by atoms with Gasteiger partial charge in [-0.3, -0.25) is 4.79 Å². The van der Waals surface area contributed by atoms with E-state index in [0.29, 0.717) is 48.1 Å². The van der Waals surface area contributed by atoms with Crippen LogP contribution in [0.3, 0.4) is 0 Å². The maximum Gasteiger partial charge on any atom is 0.257 e.